The second kappa shape index (κ2) is 8.62. The molecule has 2 aromatic carbocycles. The smallest absolute Gasteiger partial charge is 0.387 e. The van der Waals surface area contributed by atoms with Crippen molar-refractivity contribution in [3.05, 3.63) is 79.2 Å². The third kappa shape index (κ3) is 4.72. The number of hydrogen-bond acceptors (Lipinski definition) is 5. The molecular weight excluding hydrogens is 388 g/mol. The molecule has 0 fully saturated rings. The Hall–Kier alpha value is -3.26. The number of Topliss-reactive ketones (excluding diaryl/α,β-unsaturated/α-hetero) is 1. The second-order valence-corrected chi connectivity index (χ2v) is 6.67. The summed E-state index contributed by atoms with van der Waals surface area (Å²) < 4.78 is 35.2. The van der Waals surface area contributed by atoms with Crippen molar-refractivity contribution in [2.24, 2.45) is 0 Å². The van der Waals surface area contributed by atoms with E-state index in [1.165, 1.54) is 25.3 Å². The number of para-hydroxylation sites is 1. The standard InChI is InChI=1S/C20H15F2NO4S/c1-26-14-8-6-12(7-9-14)15(24)11-18-23-19(25)17(28-18)10-13-4-2-3-5-16(13)27-20(21)22/h2-11,20H,1H3,(H,23,25)/b17-10+,18-11+. The van der Waals surface area contributed by atoms with Crippen LogP contribution in [0.15, 0.2) is 53.3 Å². The van der Waals surface area contributed by atoms with Crippen molar-refractivity contribution in [2.75, 3.05) is 7.11 Å². The summed E-state index contributed by atoms with van der Waals surface area (Å²) in [6.07, 6.45) is 2.75. The first kappa shape index (κ1) is 19.5. The van der Waals surface area contributed by atoms with E-state index in [9.17, 15) is 18.4 Å². The summed E-state index contributed by atoms with van der Waals surface area (Å²) in [6, 6.07) is 12.7. The van der Waals surface area contributed by atoms with Gasteiger partial charge in [0, 0.05) is 17.2 Å². The topological polar surface area (TPSA) is 68.4 Å². The number of alkyl halides is 2. The van der Waals surface area contributed by atoms with Gasteiger partial charge in [-0.1, -0.05) is 18.2 Å². The van der Waals surface area contributed by atoms with Crippen LogP contribution in [0, 0.1) is 0 Å². The number of hydrogen-bond donors (Lipinski definition) is 1. The number of ketones is 1. The Kier molecular flexibility index (Phi) is 6.00. The largest absolute Gasteiger partial charge is 0.497 e. The van der Waals surface area contributed by atoms with Crippen molar-refractivity contribution in [1.29, 1.82) is 0 Å². The van der Waals surface area contributed by atoms with Crippen LogP contribution in [0.25, 0.3) is 12.2 Å². The van der Waals surface area contributed by atoms with Gasteiger partial charge in [-0.2, -0.15) is 8.78 Å². The Bertz CT molecular complexity index is 1150. The van der Waals surface area contributed by atoms with Gasteiger partial charge in [-0.05, 0) is 36.4 Å². The third-order valence-electron chi connectivity index (χ3n) is 3.74. The first-order valence-corrected chi connectivity index (χ1v) is 8.93. The molecule has 5 nitrogen and oxygen atoms in total. The lowest BCUT2D eigenvalue weighted by atomic mass is 10.1. The Morgan fingerprint density at radius 1 is 1.14 bits per heavy atom. The van der Waals surface area contributed by atoms with Gasteiger partial charge in [-0.3, -0.25) is 9.59 Å². The summed E-state index contributed by atoms with van der Waals surface area (Å²) in [6.45, 7) is -2.97. The van der Waals surface area contributed by atoms with Gasteiger partial charge in [0.25, 0.3) is 5.56 Å². The second-order valence-electron chi connectivity index (χ2n) is 5.58. The van der Waals surface area contributed by atoms with Crippen LogP contribution in [0.3, 0.4) is 0 Å². The zero-order valence-corrected chi connectivity index (χ0v) is 15.5. The van der Waals surface area contributed by atoms with E-state index in [2.05, 4.69) is 9.72 Å². The highest BCUT2D eigenvalue weighted by Gasteiger charge is 2.08. The minimum Gasteiger partial charge on any atom is -0.497 e. The Labute approximate surface area is 162 Å². The number of methoxy groups -OCH3 is 1. The highest BCUT2D eigenvalue weighted by Crippen LogP contribution is 2.20. The number of rotatable bonds is 6. The first-order chi connectivity index (χ1) is 13.5. The van der Waals surface area contributed by atoms with Gasteiger partial charge in [0.2, 0.25) is 0 Å². The maximum Gasteiger partial charge on any atom is 0.387 e. The number of H-pyrrole nitrogens is 1. The van der Waals surface area contributed by atoms with Crippen LogP contribution >= 0.6 is 11.3 Å². The molecule has 0 atom stereocenters. The molecule has 1 aromatic heterocycles. The summed E-state index contributed by atoms with van der Waals surface area (Å²) in [5.41, 5.74) is 0.352. The zero-order chi connectivity index (χ0) is 20.1. The number of thiazole rings is 1. The molecule has 0 bridgehead atoms. The number of carbonyl (C=O) groups is 1. The predicted octanol–water partition coefficient (Wildman–Crippen LogP) is 2.54. The number of nitrogens with one attached hydrogen (secondary N) is 1. The maximum atomic E-state index is 12.5. The van der Waals surface area contributed by atoms with E-state index < -0.39 is 12.2 Å². The third-order valence-corrected chi connectivity index (χ3v) is 4.70. The fourth-order valence-corrected chi connectivity index (χ4v) is 3.30. The van der Waals surface area contributed by atoms with Gasteiger partial charge in [-0.25, -0.2) is 0 Å². The average molecular weight is 403 g/mol. The van der Waals surface area contributed by atoms with Gasteiger partial charge in [-0.15, -0.1) is 11.3 Å². The van der Waals surface area contributed by atoms with E-state index in [1.54, 1.807) is 42.5 Å². The summed E-state index contributed by atoms with van der Waals surface area (Å²) in [4.78, 5) is 27.1. The summed E-state index contributed by atoms with van der Waals surface area (Å²) in [7, 11) is 1.53. The summed E-state index contributed by atoms with van der Waals surface area (Å²) in [5, 5.41) is 0. The van der Waals surface area contributed by atoms with Gasteiger partial charge >= 0.3 is 6.61 Å². The fourth-order valence-electron chi connectivity index (χ4n) is 2.43. The van der Waals surface area contributed by atoms with E-state index in [4.69, 9.17) is 4.74 Å². The summed E-state index contributed by atoms with van der Waals surface area (Å²) >= 11 is 1.04. The van der Waals surface area contributed by atoms with E-state index in [-0.39, 0.29) is 16.1 Å². The van der Waals surface area contributed by atoms with Crippen molar-refractivity contribution < 1.29 is 23.0 Å². The molecule has 8 heteroatoms. The molecule has 28 heavy (non-hydrogen) atoms. The van der Waals surface area contributed by atoms with Gasteiger partial charge in [0.15, 0.2) is 5.78 Å². The van der Waals surface area contributed by atoms with Crippen molar-refractivity contribution in [3.63, 3.8) is 0 Å². The Balaban J connectivity index is 1.95. The van der Waals surface area contributed by atoms with Gasteiger partial charge in [0.1, 0.15) is 11.5 Å². The van der Waals surface area contributed by atoms with Gasteiger partial charge < -0.3 is 14.5 Å². The maximum absolute atomic E-state index is 12.5. The minimum atomic E-state index is -2.97. The molecule has 0 radical (unpaired) electrons. The van der Waals surface area contributed by atoms with Crippen LogP contribution in [0.5, 0.6) is 11.5 Å². The van der Waals surface area contributed by atoms with Crippen molar-refractivity contribution >= 4 is 29.3 Å². The molecule has 3 rings (SSSR count). The summed E-state index contributed by atoms with van der Waals surface area (Å²) in [5.74, 6) is 0.306. The van der Waals surface area contributed by atoms with Crippen LogP contribution in [0.1, 0.15) is 15.9 Å². The van der Waals surface area contributed by atoms with Crippen LogP contribution in [0.4, 0.5) is 8.78 Å². The molecule has 1 N–H and O–H groups in total. The molecule has 0 saturated heterocycles. The monoisotopic (exact) mass is 403 g/mol. The van der Waals surface area contributed by atoms with E-state index in [0.29, 0.717) is 21.5 Å². The lowest BCUT2D eigenvalue weighted by Gasteiger charge is -2.06. The lowest BCUT2D eigenvalue weighted by molar-refractivity contribution is -0.0499. The number of benzene rings is 2. The molecule has 0 aliphatic heterocycles. The van der Waals surface area contributed by atoms with Crippen LogP contribution in [-0.4, -0.2) is 24.5 Å². The Morgan fingerprint density at radius 2 is 1.86 bits per heavy atom. The van der Waals surface area contributed by atoms with Crippen molar-refractivity contribution in [2.45, 2.75) is 6.61 Å². The predicted molar refractivity (Wildman–Crippen MR) is 103 cm³/mol. The number of carbonyl (C=O) groups excluding carboxylic acids is 1. The number of aromatic nitrogens is 1. The van der Waals surface area contributed by atoms with E-state index in [1.807, 2.05) is 0 Å². The number of halogens is 2. The normalized spacial score (nSPS) is 12.4. The van der Waals surface area contributed by atoms with Gasteiger partial charge in [0.05, 0.1) is 16.3 Å². The molecule has 144 valence electrons. The Morgan fingerprint density at radius 3 is 2.54 bits per heavy atom. The molecule has 0 saturated carbocycles. The van der Waals surface area contributed by atoms with Crippen LogP contribution in [0.2, 0.25) is 0 Å². The molecule has 0 aliphatic carbocycles. The molecule has 3 aromatic rings. The molecule has 1 heterocycles. The molecule has 0 spiro atoms. The molecule has 0 aliphatic rings. The molecule has 0 amide bonds. The molecule has 0 unspecified atom stereocenters. The van der Waals surface area contributed by atoms with Crippen molar-refractivity contribution in [1.82, 2.24) is 4.98 Å². The highest BCUT2D eigenvalue weighted by molar-refractivity contribution is 7.07. The van der Waals surface area contributed by atoms with E-state index in [0.717, 1.165) is 11.3 Å². The zero-order valence-electron chi connectivity index (χ0n) is 14.6. The number of ether oxygens (including phenoxy) is 2. The lowest BCUT2D eigenvalue weighted by Crippen LogP contribution is -2.20. The average Bonchev–Trinajstić information content (AvgIpc) is 3.01. The highest BCUT2D eigenvalue weighted by atomic mass is 32.1. The molecular formula is C20H15F2NO4S. The van der Waals surface area contributed by atoms with Crippen LogP contribution in [-0.2, 0) is 0 Å². The SMILES string of the molecule is COc1ccc(C(=O)/C=c2\[nH]c(=O)/c(=C\c3ccccc3OC(F)F)s2)cc1. The van der Waals surface area contributed by atoms with Crippen LogP contribution < -0.4 is 24.2 Å². The van der Waals surface area contributed by atoms with Crippen molar-refractivity contribution in [3.8, 4) is 11.5 Å². The number of aromatic amines is 1. The first-order valence-electron chi connectivity index (χ1n) is 8.11. The quantitative estimate of drug-likeness (QED) is 0.643. The van der Waals surface area contributed by atoms with E-state index >= 15 is 0 Å². The minimum absolute atomic E-state index is 0.0369. The fraction of sp³-hybridized carbons (Fsp3) is 0.100.